The average molecular weight is 519 g/mol. The van der Waals surface area contributed by atoms with E-state index < -0.39 is 28.7 Å². The van der Waals surface area contributed by atoms with Crippen molar-refractivity contribution in [3.63, 3.8) is 0 Å². The van der Waals surface area contributed by atoms with Crippen molar-refractivity contribution in [2.75, 3.05) is 24.7 Å². The standard InChI is InChI=1S/C19H22N4O4S.C4H4O4/c1-3-27-19(24)18-16(11-28-8-7-20)22-12(2)15(10-21)17(18)13-5-4-6-14(9-13)23(25)26;5-3(6)1-2-4(7)8/h4-6,9,17,22H,3,7-8,11,20H2,1-2H3;1-2H,(H,5,6)(H,7,8)/b;2-1+. The molecule has 0 radical (unpaired) electrons. The molecule has 0 aromatic heterocycles. The Hall–Kier alpha value is -4.15. The zero-order valence-corrected chi connectivity index (χ0v) is 20.4. The first-order chi connectivity index (χ1) is 17.1. The maximum Gasteiger partial charge on any atom is 0.336 e. The number of nitriles is 1. The van der Waals surface area contributed by atoms with Crippen molar-refractivity contribution in [1.29, 1.82) is 5.26 Å². The molecule has 36 heavy (non-hydrogen) atoms. The molecule has 0 amide bonds. The summed E-state index contributed by atoms with van der Waals surface area (Å²) < 4.78 is 5.24. The Bertz CT molecular complexity index is 1120. The second-order valence-corrected chi connectivity index (χ2v) is 8.13. The maximum atomic E-state index is 12.8. The number of non-ortho nitro benzene ring substituents is 1. The van der Waals surface area contributed by atoms with Crippen LogP contribution in [0.5, 0.6) is 0 Å². The fourth-order valence-electron chi connectivity index (χ4n) is 3.16. The molecular formula is C23H26N4O8S. The largest absolute Gasteiger partial charge is 0.478 e. The number of nitro groups is 1. The monoisotopic (exact) mass is 518 g/mol. The smallest absolute Gasteiger partial charge is 0.336 e. The van der Waals surface area contributed by atoms with E-state index in [0.717, 1.165) is 0 Å². The second kappa shape index (κ2) is 15.0. The molecule has 1 aromatic rings. The van der Waals surface area contributed by atoms with Crippen molar-refractivity contribution in [3.8, 4) is 6.07 Å². The van der Waals surface area contributed by atoms with Crippen molar-refractivity contribution in [3.05, 3.63) is 74.6 Å². The number of hydrogen-bond donors (Lipinski definition) is 4. The van der Waals surface area contributed by atoms with Crippen LogP contribution in [0.4, 0.5) is 5.69 Å². The summed E-state index contributed by atoms with van der Waals surface area (Å²) in [4.78, 5) is 42.6. The molecule has 0 saturated heterocycles. The number of rotatable bonds is 10. The summed E-state index contributed by atoms with van der Waals surface area (Å²) in [6.45, 7) is 4.13. The lowest BCUT2D eigenvalue weighted by molar-refractivity contribution is -0.384. The number of nitro benzene ring substituents is 1. The van der Waals surface area contributed by atoms with Crippen LogP contribution < -0.4 is 11.1 Å². The van der Waals surface area contributed by atoms with Crippen molar-refractivity contribution in [2.45, 2.75) is 19.8 Å². The second-order valence-electron chi connectivity index (χ2n) is 7.02. The van der Waals surface area contributed by atoms with Crippen LogP contribution in [0, 0.1) is 21.4 Å². The summed E-state index contributed by atoms with van der Waals surface area (Å²) in [5, 5.41) is 39.7. The first-order valence-electron chi connectivity index (χ1n) is 10.5. The van der Waals surface area contributed by atoms with Crippen molar-refractivity contribution < 1.29 is 34.3 Å². The number of thioether (sulfide) groups is 1. The van der Waals surface area contributed by atoms with Gasteiger partial charge in [0, 0.05) is 53.7 Å². The summed E-state index contributed by atoms with van der Waals surface area (Å²) in [5.41, 5.74) is 7.81. The number of dihydropyridines is 1. The lowest BCUT2D eigenvalue weighted by atomic mass is 9.81. The molecule has 192 valence electrons. The lowest BCUT2D eigenvalue weighted by Crippen LogP contribution is -2.31. The molecule has 12 nitrogen and oxygen atoms in total. The third kappa shape index (κ3) is 8.90. The molecule has 5 N–H and O–H groups in total. The molecule has 1 aliphatic rings. The highest BCUT2D eigenvalue weighted by atomic mass is 32.2. The van der Waals surface area contributed by atoms with E-state index in [1.54, 1.807) is 37.7 Å². The molecule has 0 spiro atoms. The fraction of sp³-hybridized carbons (Fsp3) is 0.304. The predicted octanol–water partition coefficient (Wildman–Crippen LogP) is 2.30. The highest BCUT2D eigenvalue weighted by Gasteiger charge is 2.35. The minimum atomic E-state index is -1.26. The average Bonchev–Trinajstić information content (AvgIpc) is 2.83. The summed E-state index contributed by atoms with van der Waals surface area (Å²) in [6, 6.07) is 8.14. The number of esters is 1. The Morgan fingerprint density at radius 1 is 1.31 bits per heavy atom. The van der Waals surface area contributed by atoms with Gasteiger partial charge in [0.15, 0.2) is 0 Å². The van der Waals surface area contributed by atoms with Gasteiger partial charge in [-0.25, -0.2) is 14.4 Å². The van der Waals surface area contributed by atoms with Gasteiger partial charge in [0.25, 0.3) is 5.69 Å². The van der Waals surface area contributed by atoms with E-state index in [2.05, 4.69) is 11.4 Å². The molecule has 1 heterocycles. The Morgan fingerprint density at radius 2 is 1.94 bits per heavy atom. The van der Waals surface area contributed by atoms with E-state index in [1.165, 1.54) is 12.1 Å². The van der Waals surface area contributed by atoms with Gasteiger partial charge < -0.3 is 26.0 Å². The zero-order chi connectivity index (χ0) is 27.3. The molecule has 0 fully saturated rings. The van der Waals surface area contributed by atoms with E-state index in [0.29, 0.717) is 58.3 Å². The van der Waals surface area contributed by atoms with Gasteiger partial charge >= 0.3 is 17.9 Å². The highest BCUT2D eigenvalue weighted by Crippen LogP contribution is 2.39. The van der Waals surface area contributed by atoms with E-state index >= 15 is 0 Å². The van der Waals surface area contributed by atoms with Gasteiger partial charge in [-0.2, -0.15) is 17.0 Å². The highest BCUT2D eigenvalue weighted by molar-refractivity contribution is 7.99. The van der Waals surface area contributed by atoms with Crippen LogP contribution >= 0.6 is 11.8 Å². The molecular weight excluding hydrogens is 492 g/mol. The van der Waals surface area contributed by atoms with Crippen LogP contribution in [0.2, 0.25) is 0 Å². The third-order valence-electron chi connectivity index (χ3n) is 4.55. The number of carbonyl (C=O) groups excluding carboxylic acids is 1. The molecule has 1 atom stereocenters. The Balaban J connectivity index is 0.000000697. The van der Waals surface area contributed by atoms with Crippen molar-refractivity contribution in [2.24, 2.45) is 5.73 Å². The maximum absolute atomic E-state index is 12.8. The Labute approximate surface area is 211 Å². The number of allylic oxidation sites excluding steroid dienone is 2. The quantitative estimate of drug-likeness (QED) is 0.116. The van der Waals surface area contributed by atoms with E-state index in [1.807, 2.05) is 0 Å². The van der Waals surface area contributed by atoms with Gasteiger partial charge in [-0.3, -0.25) is 10.1 Å². The molecule has 13 heteroatoms. The topological polar surface area (TPSA) is 206 Å². The minimum Gasteiger partial charge on any atom is -0.478 e. The van der Waals surface area contributed by atoms with Gasteiger partial charge in [0.2, 0.25) is 0 Å². The van der Waals surface area contributed by atoms with E-state index in [-0.39, 0.29) is 12.3 Å². The number of aliphatic carboxylic acids is 2. The molecule has 0 saturated carbocycles. The molecule has 1 aliphatic heterocycles. The summed E-state index contributed by atoms with van der Waals surface area (Å²) in [7, 11) is 0. The van der Waals surface area contributed by atoms with Gasteiger partial charge in [0.1, 0.15) is 0 Å². The summed E-state index contributed by atoms with van der Waals surface area (Å²) in [5.74, 6) is -2.61. The molecule has 1 aromatic carbocycles. The van der Waals surface area contributed by atoms with Crippen LogP contribution in [0.25, 0.3) is 0 Å². The molecule has 1 unspecified atom stereocenters. The number of benzene rings is 1. The number of nitrogens with two attached hydrogens (primary N) is 1. The van der Waals surface area contributed by atoms with Crippen LogP contribution in [0.15, 0.2) is 59.0 Å². The fourth-order valence-corrected chi connectivity index (χ4v) is 3.90. The Morgan fingerprint density at radius 3 is 2.44 bits per heavy atom. The number of nitrogens with zero attached hydrogens (tertiary/aromatic N) is 2. The number of hydrogen-bond acceptors (Lipinski definition) is 10. The number of carboxylic acid groups (broad SMARTS) is 2. The SMILES string of the molecule is CCOC(=O)C1=C(CSCCN)NC(C)=C(C#N)C1c1cccc([N+](=O)[O-])c1.O=C(O)/C=C/C(=O)O. The van der Waals surface area contributed by atoms with Gasteiger partial charge in [0.05, 0.1) is 34.7 Å². The van der Waals surface area contributed by atoms with Crippen LogP contribution in [-0.2, 0) is 19.1 Å². The predicted molar refractivity (Wildman–Crippen MR) is 132 cm³/mol. The normalized spacial score (nSPS) is 14.9. The van der Waals surface area contributed by atoms with E-state index in [4.69, 9.17) is 20.7 Å². The van der Waals surface area contributed by atoms with Crippen LogP contribution in [-0.4, -0.2) is 57.7 Å². The van der Waals surface area contributed by atoms with Crippen molar-refractivity contribution >= 4 is 35.4 Å². The van der Waals surface area contributed by atoms with Crippen LogP contribution in [0.1, 0.15) is 25.3 Å². The number of ether oxygens (including phenoxy) is 1. The zero-order valence-electron chi connectivity index (χ0n) is 19.6. The number of nitrogens with one attached hydrogen (secondary N) is 1. The first-order valence-corrected chi connectivity index (χ1v) is 11.7. The van der Waals surface area contributed by atoms with Gasteiger partial charge in [-0.05, 0) is 19.4 Å². The summed E-state index contributed by atoms with van der Waals surface area (Å²) in [6.07, 6.45) is 1.12. The van der Waals surface area contributed by atoms with E-state index in [9.17, 15) is 29.8 Å². The molecule has 2 rings (SSSR count). The first kappa shape index (κ1) is 29.9. The number of carboxylic acids is 2. The Kier molecular flexibility index (Phi) is 12.4. The van der Waals surface area contributed by atoms with Crippen molar-refractivity contribution in [1.82, 2.24) is 5.32 Å². The molecule has 0 bridgehead atoms. The third-order valence-corrected chi connectivity index (χ3v) is 5.57. The van der Waals surface area contributed by atoms with Gasteiger partial charge in [-0.1, -0.05) is 12.1 Å². The summed E-state index contributed by atoms with van der Waals surface area (Å²) >= 11 is 1.55. The molecule has 0 aliphatic carbocycles. The van der Waals surface area contributed by atoms with Gasteiger partial charge in [-0.15, -0.1) is 0 Å². The number of carbonyl (C=O) groups is 3. The van der Waals surface area contributed by atoms with Crippen LogP contribution in [0.3, 0.4) is 0 Å². The minimum absolute atomic E-state index is 0.103. The lowest BCUT2D eigenvalue weighted by Gasteiger charge is -2.29.